The molecule has 4 rings (SSSR count). The van der Waals surface area contributed by atoms with E-state index >= 15 is 0 Å². The predicted molar refractivity (Wildman–Crippen MR) is 123 cm³/mol. The molecule has 1 saturated heterocycles. The Balaban J connectivity index is 1.36. The van der Waals surface area contributed by atoms with E-state index < -0.39 is 0 Å². The first-order valence-corrected chi connectivity index (χ1v) is 10.4. The molecule has 0 bridgehead atoms. The zero-order valence-corrected chi connectivity index (χ0v) is 18.1. The lowest BCUT2D eigenvalue weighted by molar-refractivity contribution is 0.208. The summed E-state index contributed by atoms with van der Waals surface area (Å²) in [7, 11) is 1.65. The summed E-state index contributed by atoms with van der Waals surface area (Å²) in [6.07, 6.45) is 0. The number of nitrogens with zero attached hydrogens (tertiary/aromatic N) is 4. The minimum Gasteiger partial charge on any atom is -0.497 e. The van der Waals surface area contributed by atoms with Crippen molar-refractivity contribution in [3.8, 4) is 17.0 Å². The lowest BCUT2D eigenvalue weighted by Gasteiger charge is -2.35. The van der Waals surface area contributed by atoms with Crippen LogP contribution >= 0.6 is 0 Å². The van der Waals surface area contributed by atoms with Gasteiger partial charge in [-0.05, 0) is 55.3 Å². The summed E-state index contributed by atoms with van der Waals surface area (Å²) >= 11 is 0. The standard InChI is InChI=1S/C24H27N5O2/c1-17-7-8-18(2)22(15-17)25-24(30)29-13-11-28(12-14-29)23-10-9-21(26-27-23)19-5-4-6-20(16-19)31-3/h4-10,15-16H,11-14H2,1-3H3,(H,25,30). The fourth-order valence-corrected chi connectivity index (χ4v) is 3.63. The minimum atomic E-state index is -0.0622. The molecule has 1 aliphatic heterocycles. The normalized spacial score (nSPS) is 13.8. The zero-order chi connectivity index (χ0) is 21.8. The van der Waals surface area contributed by atoms with Crippen molar-refractivity contribution in [1.29, 1.82) is 0 Å². The van der Waals surface area contributed by atoms with E-state index in [0.717, 1.165) is 39.6 Å². The van der Waals surface area contributed by atoms with Gasteiger partial charge in [0, 0.05) is 37.4 Å². The first-order valence-electron chi connectivity index (χ1n) is 10.4. The molecule has 2 amide bonds. The van der Waals surface area contributed by atoms with Crippen molar-refractivity contribution in [1.82, 2.24) is 15.1 Å². The lowest BCUT2D eigenvalue weighted by atomic mass is 10.1. The fraction of sp³-hybridized carbons (Fsp3) is 0.292. The molecule has 160 valence electrons. The Morgan fingerprint density at radius 2 is 1.77 bits per heavy atom. The molecule has 3 aromatic rings. The van der Waals surface area contributed by atoms with Crippen molar-refractivity contribution >= 4 is 17.5 Å². The quantitative estimate of drug-likeness (QED) is 0.691. The Morgan fingerprint density at radius 1 is 0.968 bits per heavy atom. The molecule has 0 unspecified atom stereocenters. The summed E-state index contributed by atoms with van der Waals surface area (Å²) in [5.74, 6) is 1.61. The van der Waals surface area contributed by atoms with Crippen LogP contribution in [0.15, 0.2) is 54.6 Å². The van der Waals surface area contributed by atoms with Gasteiger partial charge in [-0.15, -0.1) is 10.2 Å². The molecular formula is C24H27N5O2. The number of hydrogen-bond acceptors (Lipinski definition) is 5. The average molecular weight is 418 g/mol. The third-order valence-electron chi connectivity index (χ3n) is 5.54. The number of nitrogens with one attached hydrogen (secondary N) is 1. The van der Waals surface area contributed by atoms with E-state index in [-0.39, 0.29) is 6.03 Å². The molecule has 1 aromatic heterocycles. The Bertz CT molecular complexity index is 1060. The van der Waals surface area contributed by atoms with Gasteiger partial charge in [0.2, 0.25) is 0 Å². The highest BCUT2D eigenvalue weighted by Crippen LogP contribution is 2.23. The predicted octanol–water partition coefficient (Wildman–Crippen LogP) is 4.12. The number of methoxy groups -OCH3 is 1. The average Bonchev–Trinajstić information content (AvgIpc) is 2.81. The number of rotatable bonds is 4. The molecule has 7 nitrogen and oxygen atoms in total. The van der Waals surface area contributed by atoms with Gasteiger partial charge in [-0.1, -0.05) is 24.3 Å². The highest BCUT2D eigenvalue weighted by molar-refractivity contribution is 5.90. The molecule has 0 saturated carbocycles. The molecule has 7 heteroatoms. The first kappa shape index (κ1) is 20.7. The number of ether oxygens (including phenoxy) is 1. The van der Waals surface area contributed by atoms with Crippen LogP contribution in [0.2, 0.25) is 0 Å². The van der Waals surface area contributed by atoms with Gasteiger partial charge < -0.3 is 19.9 Å². The first-order chi connectivity index (χ1) is 15.0. The number of carbonyl (C=O) groups is 1. The van der Waals surface area contributed by atoms with Crippen LogP contribution in [-0.4, -0.2) is 54.4 Å². The molecule has 0 atom stereocenters. The van der Waals surface area contributed by atoms with E-state index in [1.807, 2.05) is 73.3 Å². The van der Waals surface area contributed by atoms with Crippen LogP contribution in [0.3, 0.4) is 0 Å². The molecule has 1 aliphatic rings. The van der Waals surface area contributed by atoms with Crippen LogP contribution in [0.25, 0.3) is 11.3 Å². The van der Waals surface area contributed by atoms with Crippen molar-refractivity contribution in [3.05, 3.63) is 65.7 Å². The van der Waals surface area contributed by atoms with Crippen LogP contribution in [0.1, 0.15) is 11.1 Å². The summed E-state index contributed by atoms with van der Waals surface area (Å²) in [5, 5.41) is 11.8. The number of amides is 2. The summed E-state index contributed by atoms with van der Waals surface area (Å²) in [4.78, 5) is 16.7. The van der Waals surface area contributed by atoms with Crippen LogP contribution < -0.4 is 15.0 Å². The molecule has 1 fully saturated rings. The molecule has 31 heavy (non-hydrogen) atoms. The van der Waals surface area contributed by atoms with Crippen LogP contribution in [0.4, 0.5) is 16.3 Å². The van der Waals surface area contributed by atoms with Gasteiger partial charge in [0.25, 0.3) is 0 Å². The third-order valence-corrected chi connectivity index (χ3v) is 5.54. The SMILES string of the molecule is COc1cccc(-c2ccc(N3CCN(C(=O)Nc4cc(C)ccc4C)CC3)nn2)c1. The Morgan fingerprint density at radius 3 is 2.48 bits per heavy atom. The number of benzene rings is 2. The minimum absolute atomic E-state index is 0.0622. The van der Waals surface area contributed by atoms with Crippen molar-refractivity contribution in [3.63, 3.8) is 0 Å². The maximum atomic E-state index is 12.7. The smallest absolute Gasteiger partial charge is 0.321 e. The van der Waals surface area contributed by atoms with Gasteiger partial charge in [0.05, 0.1) is 12.8 Å². The number of anilines is 2. The maximum absolute atomic E-state index is 12.7. The number of carbonyl (C=O) groups excluding carboxylic acids is 1. The van der Waals surface area contributed by atoms with Gasteiger partial charge in [-0.3, -0.25) is 0 Å². The topological polar surface area (TPSA) is 70.6 Å². The van der Waals surface area contributed by atoms with E-state index in [9.17, 15) is 4.79 Å². The summed E-state index contributed by atoms with van der Waals surface area (Å²) in [6, 6.07) is 17.7. The van der Waals surface area contributed by atoms with E-state index in [1.165, 1.54) is 0 Å². The highest BCUT2D eigenvalue weighted by atomic mass is 16.5. The van der Waals surface area contributed by atoms with E-state index in [2.05, 4.69) is 20.4 Å². The van der Waals surface area contributed by atoms with Gasteiger partial charge in [0.1, 0.15) is 5.75 Å². The number of urea groups is 1. The monoisotopic (exact) mass is 417 g/mol. The molecular weight excluding hydrogens is 390 g/mol. The van der Waals surface area contributed by atoms with Crippen molar-refractivity contribution in [2.24, 2.45) is 0 Å². The van der Waals surface area contributed by atoms with Gasteiger partial charge >= 0.3 is 6.03 Å². The second-order valence-electron chi connectivity index (χ2n) is 7.73. The molecule has 2 heterocycles. The number of piperazine rings is 1. The number of hydrogen-bond donors (Lipinski definition) is 1. The fourth-order valence-electron chi connectivity index (χ4n) is 3.63. The molecule has 0 aliphatic carbocycles. The third kappa shape index (κ3) is 4.77. The van der Waals surface area contributed by atoms with Crippen LogP contribution in [0, 0.1) is 13.8 Å². The molecule has 2 aromatic carbocycles. The summed E-state index contributed by atoms with van der Waals surface area (Å²) in [6.45, 7) is 6.72. The summed E-state index contributed by atoms with van der Waals surface area (Å²) in [5.41, 5.74) is 4.82. The molecule has 1 N–H and O–H groups in total. The number of aryl methyl sites for hydroxylation is 2. The summed E-state index contributed by atoms with van der Waals surface area (Å²) < 4.78 is 5.28. The Labute approximate surface area is 182 Å². The van der Waals surface area contributed by atoms with Gasteiger partial charge in [-0.25, -0.2) is 4.79 Å². The van der Waals surface area contributed by atoms with Crippen molar-refractivity contribution in [2.45, 2.75) is 13.8 Å². The molecule has 0 radical (unpaired) electrons. The Hall–Kier alpha value is -3.61. The van der Waals surface area contributed by atoms with Crippen molar-refractivity contribution < 1.29 is 9.53 Å². The van der Waals surface area contributed by atoms with Gasteiger partial charge in [-0.2, -0.15) is 0 Å². The highest BCUT2D eigenvalue weighted by Gasteiger charge is 2.22. The van der Waals surface area contributed by atoms with Crippen LogP contribution in [0.5, 0.6) is 5.75 Å². The zero-order valence-electron chi connectivity index (χ0n) is 18.1. The second kappa shape index (κ2) is 9.04. The van der Waals surface area contributed by atoms with Crippen LogP contribution in [-0.2, 0) is 0 Å². The Kier molecular flexibility index (Phi) is 6.02. The van der Waals surface area contributed by atoms with E-state index in [1.54, 1.807) is 7.11 Å². The number of aromatic nitrogens is 2. The largest absolute Gasteiger partial charge is 0.497 e. The van der Waals surface area contributed by atoms with Crippen molar-refractivity contribution in [2.75, 3.05) is 43.5 Å². The van der Waals surface area contributed by atoms with Gasteiger partial charge in [0.15, 0.2) is 5.82 Å². The maximum Gasteiger partial charge on any atom is 0.321 e. The lowest BCUT2D eigenvalue weighted by Crippen LogP contribution is -2.50. The second-order valence-corrected chi connectivity index (χ2v) is 7.73. The van der Waals surface area contributed by atoms with E-state index in [0.29, 0.717) is 26.2 Å². The molecule has 0 spiro atoms. The van der Waals surface area contributed by atoms with E-state index in [4.69, 9.17) is 4.74 Å².